The third-order valence-electron chi connectivity index (χ3n) is 3.03. The molecule has 0 aliphatic heterocycles. The van der Waals surface area contributed by atoms with Gasteiger partial charge in [-0.3, -0.25) is 4.57 Å². The fourth-order valence-electron chi connectivity index (χ4n) is 2.10. The van der Waals surface area contributed by atoms with E-state index in [-0.39, 0.29) is 0 Å². The number of benzene rings is 2. The lowest BCUT2D eigenvalue weighted by atomic mass is 10.2. The molecule has 19 heavy (non-hydrogen) atoms. The number of nitrogens with zero attached hydrogens (tertiary/aromatic N) is 2. The van der Waals surface area contributed by atoms with E-state index in [9.17, 15) is 0 Å². The number of ether oxygens (including phenoxy) is 1. The Bertz CT molecular complexity index is 674. The van der Waals surface area contributed by atoms with Gasteiger partial charge in [-0.2, -0.15) is 0 Å². The standard InChI is InChI=1S/C16H16N2O/c1-2-10-19-14-8-9-16-15(11-14)17-12-18(16)13-6-4-3-5-7-13/h3-9,11-12H,2,10H2,1H3. The molecule has 96 valence electrons. The fraction of sp³-hybridized carbons (Fsp3) is 0.188. The Labute approximate surface area is 112 Å². The predicted molar refractivity (Wildman–Crippen MR) is 76.9 cm³/mol. The second kappa shape index (κ2) is 5.14. The van der Waals surface area contributed by atoms with Crippen LogP contribution in [0.4, 0.5) is 0 Å². The number of aromatic nitrogens is 2. The first-order valence-electron chi connectivity index (χ1n) is 6.54. The Hall–Kier alpha value is -2.29. The van der Waals surface area contributed by atoms with Crippen molar-refractivity contribution in [1.82, 2.24) is 9.55 Å². The number of para-hydroxylation sites is 1. The van der Waals surface area contributed by atoms with E-state index < -0.39 is 0 Å². The molecule has 0 amide bonds. The van der Waals surface area contributed by atoms with E-state index in [4.69, 9.17) is 4.74 Å². The molecule has 0 fully saturated rings. The average Bonchev–Trinajstić information content (AvgIpc) is 2.89. The second-order valence-electron chi connectivity index (χ2n) is 4.45. The highest BCUT2D eigenvalue weighted by Crippen LogP contribution is 2.22. The van der Waals surface area contributed by atoms with Gasteiger partial charge in [0.1, 0.15) is 12.1 Å². The van der Waals surface area contributed by atoms with Crippen LogP contribution in [-0.4, -0.2) is 16.2 Å². The molecule has 3 nitrogen and oxygen atoms in total. The van der Waals surface area contributed by atoms with Crippen molar-refractivity contribution in [2.45, 2.75) is 13.3 Å². The molecule has 0 N–H and O–H groups in total. The number of fused-ring (bicyclic) bond motifs is 1. The maximum Gasteiger partial charge on any atom is 0.121 e. The number of rotatable bonds is 4. The summed E-state index contributed by atoms with van der Waals surface area (Å²) in [5, 5.41) is 0. The molecule has 3 rings (SSSR count). The topological polar surface area (TPSA) is 27.1 Å². The predicted octanol–water partition coefficient (Wildman–Crippen LogP) is 3.81. The minimum atomic E-state index is 0.741. The lowest BCUT2D eigenvalue weighted by molar-refractivity contribution is 0.318. The molecule has 3 heteroatoms. The number of hydrogen-bond acceptors (Lipinski definition) is 2. The van der Waals surface area contributed by atoms with Gasteiger partial charge in [0.05, 0.1) is 17.6 Å². The van der Waals surface area contributed by atoms with Gasteiger partial charge in [0, 0.05) is 11.8 Å². The third-order valence-corrected chi connectivity index (χ3v) is 3.03. The fourth-order valence-corrected chi connectivity index (χ4v) is 2.10. The zero-order valence-corrected chi connectivity index (χ0v) is 10.9. The molecular weight excluding hydrogens is 236 g/mol. The average molecular weight is 252 g/mol. The Balaban J connectivity index is 2.00. The van der Waals surface area contributed by atoms with Gasteiger partial charge in [0.2, 0.25) is 0 Å². The molecular formula is C16H16N2O. The van der Waals surface area contributed by atoms with Gasteiger partial charge >= 0.3 is 0 Å². The van der Waals surface area contributed by atoms with E-state index in [0.717, 1.165) is 35.5 Å². The van der Waals surface area contributed by atoms with Gasteiger partial charge in [0.15, 0.2) is 0 Å². The molecule has 0 aliphatic rings. The molecule has 1 aromatic heterocycles. The van der Waals surface area contributed by atoms with Gasteiger partial charge in [-0.25, -0.2) is 4.98 Å². The zero-order valence-electron chi connectivity index (χ0n) is 10.9. The molecule has 3 aromatic rings. The first-order valence-corrected chi connectivity index (χ1v) is 6.54. The van der Waals surface area contributed by atoms with Gasteiger partial charge in [-0.1, -0.05) is 25.1 Å². The molecule has 1 heterocycles. The van der Waals surface area contributed by atoms with E-state index in [0.29, 0.717) is 0 Å². The van der Waals surface area contributed by atoms with E-state index in [1.54, 1.807) is 0 Å². The van der Waals surface area contributed by atoms with E-state index >= 15 is 0 Å². The maximum atomic E-state index is 5.63. The Morgan fingerprint density at radius 3 is 2.74 bits per heavy atom. The van der Waals surface area contributed by atoms with Crippen LogP contribution in [0.25, 0.3) is 16.7 Å². The van der Waals surface area contributed by atoms with Crippen LogP contribution in [0.5, 0.6) is 5.75 Å². The van der Waals surface area contributed by atoms with Crippen molar-refractivity contribution in [3.05, 3.63) is 54.9 Å². The van der Waals surface area contributed by atoms with E-state index in [1.165, 1.54) is 0 Å². The SMILES string of the molecule is CCCOc1ccc2c(c1)ncn2-c1ccccc1. The van der Waals surface area contributed by atoms with Crippen LogP contribution in [0.2, 0.25) is 0 Å². The van der Waals surface area contributed by atoms with Crippen LogP contribution in [-0.2, 0) is 0 Å². The van der Waals surface area contributed by atoms with Gasteiger partial charge in [-0.15, -0.1) is 0 Å². The Morgan fingerprint density at radius 1 is 1.11 bits per heavy atom. The van der Waals surface area contributed by atoms with Gasteiger partial charge < -0.3 is 4.74 Å². The van der Waals surface area contributed by atoms with Crippen LogP contribution >= 0.6 is 0 Å². The molecule has 0 atom stereocenters. The summed E-state index contributed by atoms with van der Waals surface area (Å²) in [4.78, 5) is 4.45. The summed E-state index contributed by atoms with van der Waals surface area (Å²) in [6, 6.07) is 16.3. The lowest BCUT2D eigenvalue weighted by Crippen LogP contribution is -1.95. The minimum absolute atomic E-state index is 0.741. The van der Waals surface area contributed by atoms with Crippen molar-refractivity contribution in [2.24, 2.45) is 0 Å². The first-order chi connectivity index (χ1) is 9.38. The van der Waals surface area contributed by atoms with Crippen molar-refractivity contribution < 1.29 is 4.74 Å². The minimum Gasteiger partial charge on any atom is -0.494 e. The van der Waals surface area contributed by atoms with Gasteiger partial charge in [0.25, 0.3) is 0 Å². The summed E-state index contributed by atoms with van der Waals surface area (Å²) in [7, 11) is 0. The molecule has 0 spiro atoms. The van der Waals surface area contributed by atoms with Crippen molar-refractivity contribution in [2.75, 3.05) is 6.61 Å². The lowest BCUT2D eigenvalue weighted by Gasteiger charge is -2.06. The van der Waals surface area contributed by atoms with Crippen molar-refractivity contribution in [1.29, 1.82) is 0 Å². The number of hydrogen-bond donors (Lipinski definition) is 0. The van der Waals surface area contributed by atoms with Crippen LogP contribution in [0.1, 0.15) is 13.3 Å². The molecule has 0 saturated carbocycles. The van der Waals surface area contributed by atoms with Crippen LogP contribution < -0.4 is 4.74 Å². The summed E-state index contributed by atoms with van der Waals surface area (Å²) in [5.41, 5.74) is 3.17. The highest BCUT2D eigenvalue weighted by Gasteiger charge is 2.05. The molecule has 0 unspecified atom stereocenters. The molecule has 0 radical (unpaired) electrons. The summed E-state index contributed by atoms with van der Waals surface area (Å²) in [6.07, 6.45) is 2.86. The van der Waals surface area contributed by atoms with Crippen LogP contribution in [0.15, 0.2) is 54.9 Å². The smallest absolute Gasteiger partial charge is 0.121 e. The molecule has 2 aromatic carbocycles. The Morgan fingerprint density at radius 2 is 1.95 bits per heavy atom. The Kier molecular flexibility index (Phi) is 3.19. The maximum absolute atomic E-state index is 5.63. The molecule has 0 saturated heterocycles. The van der Waals surface area contributed by atoms with E-state index in [2.05, 4.69) is 34.7 Å². The zero-order chi connectivity index (χ0) is 13.1. The highest BCUT2D eigenvalue weighted by atomic mass is 16.5. The largest absolute Gasteiger partial charge is 0.494 e. The normalized spacial score (nSPS) is 10.8. The monoisotopic (exact) mass is 252 g/mol. The first kappa shape index (κ1) is 11.8. The summed E-state index contributed by atoms with van der Waals surface area (Å²) >= 11 is 0. The molecule has 0 bridgehead atoms. The second-order valence-corrected chi connectivity index (χ2v) is 4.45. The van der Waals surface area contributed by atoms with Crippen molar-refractivity contribution >= 4 is 11.0 Å². The van der Waals surface area contributed by atoms with E-state index in [1.807, 2.05) is 36.7 Å². The third kappa shape index (κ3) is 2.32. The quantitative estimate of drug-likeness (QED) is 0.706. The van der Waals surface area contributed by atoms with Crippen molar-refractivity contribution in [3.63, 3.8) is 0 Å². The van der Waals surface area contributed by atoms with Gasteiger partial charge in [-0.05, 0) is 30.7 Å². The van der Waals surface area contributed by atoms with Crippen LogP contribution in [0, 0.1) is 0 Å². The summed E-state index contributed by atoms with van der Waals surface area (Å²) in [5.74, 6) is 0.882. The highest BCUT2D eigenvalue weighted by molar-refractivity contribution is 5.78. The molecule has 0 aliphatic carbocycles. The van der Waals surface area contributed by atoms with Crippen LogP contribution in [0.3, 0.4) is 0 Å². The summed E-state index contributed by atoms with van der Waals surface area (Å²) < 4.78 is 7.71. The summed E-state index contributed by atoms with van der Waals surface area (Å²) in [6.45, 7) is 2.84. The number of imidazole rings is 1. The van der Waals surface area contributed by atoms with Crippen molar-refractivity contribution in [3.8, 4) is 11.4 Å².